The second kappa shape index (κ2) is 7.14. The van der Waals surface area contributed by atoms with Crippen LogP contribution in [0.1, 0.15) is 32.0 Å². The molecule has 3 atom stereocenters. The lowest BCUT2D eigenvalue weighted by Gasteiger charge is -2.24. The summed E-state index contributed by atoms with van der Waals surface area (Å²) in [5.74, 6) is 1.60. The van der Waals surface area contributed by atoms with Crippen LogP contribution in [-0.2, 0) is 4.79 Å². The number of nitrogens with zero attached hydrogens (tertiary/aromatic N) is 1. The molecule has 20 heavy (non-hydrogen) atoms. The highest BCUT2D eigenvalue weighted by atomic mass is 32.2. The summed E-state index contributed by atoms with van der Waals surface area (Å²) < 4.78 is 0. The van der Waals surface area contributed by atoms with E-state index >= 15 is 0 Å². The van der Waals surface area contributed by atoms with Crippen LogP contribution in [0.4, 0.5) is 0 Å². The monoisotopic (exact) mass is 292 g/mol. The molecule has 2 rings (SSSR count). The first-order chi connectivity index (χ1) is 9.69. The summed E-state index contributed by atoms with van der Waals surface area (Å²) in [7, 11) is 0. The van der Waals surface area contributed by atoms with Crippen molar-refractivity contribution in [2.75, 3.05) is 18.6 Å². The molecule has 1 N–H and O–H groups in total. The number of benzene rings is 1. The Bertz CT molecular complexity index is 437. The zero-order valence-corrected chi connectivity index (χ0v) is 13.3. The first kappa shape index (κ1) is 15.4. The van der Waals surface area contributed by atoms with Crippen molar-refractivity contribution in [2.24, 2.45) is 5.92 Å². The van der Waals surface area contributed by atoms with E-state index in [1.807, 2.05) is 23.1 Å². The maximum absolute atomic E-state index is 12.6. The van der Waals surface area contributed by atoms with Crippen molar-refractivity contribution < 1.29 is 4.79 Å². The van der Waals surface area contributed by atoms with Gasteiger partial charge in [-0.1, -0.05) is 50.6 Å². The average Bonchev–Trinajstić information content (AvgIpc) is 2.82. The predicted molar refractivity (Wildman–Crippen MR) is 85.7 cm³/mol. The van der Waals surface area contributed by atoms with E-state index in [4.69, 9.17) is 0 Å². The molecule has 0 aliphatic carbocycles. The van der Waals surface area contributed by atoms with Gasteiger partial charge < -0.3 is 4.90 Å². The fourth-order valence-corrected chi connectivity index (χ4v) is 3.00. The molecule has 1 heterocycles. The number of carbonyl (C=O) groups is 1. The van der Waals surface area contributed by atoms with Gasteiger partial charge in [0.2, 0.25) is 5.91 Å². The highest BCUT2D eigenvalue weighted by Crippen LogP contribution is 2.29. The van der Waals surface area contributed by atoms with Crippen LogP contribution < -0.4 is 5.32 Å². The minimum Gasteiger partial charge on any atom is -0.321 e. The first-order valence-electron chi connectivity index (χ1n) is 7.29. The van der Waals surface area contributed by atoms with Crippen LogP contribution in [0.2, 0.25) is 0 Å². The molecule has 0 bridgehead atoms. The van der Waals surface area contributed by atoms with Crippen molar-refractivity contribution in [1.82, 2.24) is 10.2 Å². The highest BCUT2D eigenvalue weighted by molar-refractivity contribution is 7.98. The van der Waals surface area contributed by atoms with Gasteiger partial charge in [-0.05, 0) is 17.7 Å². The molecule has 1 amide bonds. The molecule has 1 aliphatic rings. The summed E-state index contributed by atoms with van der Waals surface area (Å²) >= 11 is 1.78. The van der Waals surface area contributed by atoms with Gasteiger partial charge in [0.15, 0.2) is 0 Å². The van der Waals surface area contributed by atoms with Gasteiger partial charge in [0.1, 0.15) is 6.17 Å². The van der Waals surface area contributed by atoms with Crippen LogP contribution in [0.15, 0.2) is 30.3 Å². The number of hydrogen-bond acceptors (Lipinski definition) is 3. The number of nitrogens with one attached hydrogen (secondary N) is 1. The molecule has 1 aromatic rings. The molecular formula is C16H24N2OS. The second-order valence-electron chi connectivity index (χ2n) is 5.37. The summed E-state index contributed by atoms with van der Waals surface area (Å²) in [5.41, 5.74) is 1.17. The first-order valence-corrected chi connectivity index (χ1v) is 8.68. The maximum Gasteiger partial charge on any atom is 0.241 e. The van der Waals surface area contributed by atoms with Gasteiger partial charge in [-0.3, -0.25) is 10.1 Å². The molecule has 1 aliphatic heterocycles. The van der Waals surface area contributed by atoms with Crippen molar-refractivity contribution in [3.63, 3.8) is 0 Å². The standard InChI is InChI=1S/C16H24N2OS/c1-4-12(2)14-16(19)18(10-11-20-3)15(17-14)13-8-6-5-7-9-13/h5-9,12,14-15,17H,4,10-11H2,1-3H3. The Labute approximate surface area is 126 Å². The number of carbonyl (C=O) groups excluding carboxylic acids is 1. The van der Waals surface area contributed by atoms with Crippen LogP contribution in [0.3, 0.4) is 0 Å². The van der Waals surface area contributed by atoms with Crippen molar-refractivity contribution in [2.45, 2.75) is 32.5 Å². The zero-order valence-electron chi connectivity index (χ0n) is 12.5. The minimum atomic E-state index is -0.0490. The van der Waals surface area contributed by atoms with Gasteiger partial charge in [-0.25, -0.2) is 0 Å². The van der Waals surface area contributed by atoms with Gasteiger partial charge in [-0.15, -0.1) is 0 Å². The van der Waals surface area contributed by atoms with Gasteiger partial charge >= 0.3 is 0 Å². The number of rotatable bonds is 6. The zero-order chi connectivity index (χ0) is 14.5. The summed E-state index contributed by atoms with van der Waals surface area (Å²) in [5, 5.41) is 3.53. The topological polar surface area (TPSA) is 32.3 Å². The molecule has 0 spiro atoms. The normalized spacial score (nSPS) is 24.1. The van der Waals surface area contributed by atoms with Crippen molar-refractivity contribution >= 4 is 17.7 Å². The molecule has 0 aromatic heterocycles. The van der Waals surface area contributed by atoms with Gasteiger partial charge in [0.05, 0.1) is 6.04 Å². The van der Waals surface area contributed by atoms with Crippen LogP contribution in [0.5, 0.6) is 0 Å². The van der Waals surface area contributed by atoms with Crippen LogP contribution >= 0.6 is 11.8 Å². The van der Waals surface area contributed by atoms with Gasteiger partial charge in [0.25, 0.3) is 0 Å². The van der Waals surface area contributed by atoms with E-state index < -0.39 is 0 Å². The number of thioether (sulfide) groups is 1. The van der Waals surface area contributed by atoms with Gasteiger partial charge in [-0.2, -0.15) is 11.8 Å². The molecule has 110 valence electrons. The van der Waals surface area contributed by atoms with Crippen molar-refractivity contribution in [3.8, 4) is 0 Å². The fraction of sp³-hybridized carbons (Fsp3) is 0.562. The highest BCUT2D eigenvalue weighted by Gasteiger charge is 2.41. The van der Waals surface area contributed by atoms with E-state index in [-0.39, 0.29) is 18.1 Å². The second-order valence-corrected chi connectivity index (χ2v) is 6.35. The van der Waals surface area contributed by atoms with E-state index in [1.54, 1.807) is 11.8 Å². The third-order valence-electron chi connectivity index (χ3n) is 4.06. The van der Waals surface area contributed by atoms with Crippen LogP contribution in [0.25, 0.3) is 0 Å². The average molecular weight is 292 g/mol. The van der Waals surface area contributed by atoms with E-state index in [1.165, 1.54) is 5.56 Å². The Morgan fingerprint density at radius 3 is 2.65 bits per heavy atom. The molecular weight excluding hydrogens is 268 g/mol. The van der Waals surface area contributed by atoms with E-state index in [0.29, 0.717) is 5.92 Å². The Morgan fingerprint density at radius 1 is 1.35 bits per heavy atom. The lowest BCUT2D eigenvalue weighted by Crippen LogP contribution is -2.36. The van der Waals surface area contributed by atoms with Crippen LogP contribution in [0, 0.1) is 5.92 Å². The molecule has 0 saturated carbocycles. The Kier molecular flexibility index (Phi) is 5.49. The lowest BCUT2D eigenvalue weighted by atomic mass is 9.99. The molecule has 0 radical (unpaired) electrons. The fourth-order valence-electron chi connectivity index (χ4n) is 2.62. The molecule has 1 saturated heterocycles. The summed E-state index contributed by atoms with van der Waals surface area (Å²) in [6.45, 7) is 5.09. The quantitative estimate of drug-likeness (QED) is 0.875. The third-order valence-corrected chi connectivity index (χ3v) is 4.65. The summed E-state index contributed by atoms with van der Waals surface area (Å²) in [4.78, 5) is 14.7. The van der Waals surface area contributed by atoms with Crippen molar-refractivity contribution in [3.05, 3.63) is 35.9 Å². The largest absolute Gasteiger partial charge is 0.321 e. The maximum atomic E-state index is 12.6. The van der Waals surface area contributed by atoms with E-state index in [2.05, 4.69) is 37.6 Å². The smallest absolute Gasteiger partial charge is 0.241 e. The molecule has 4 heteroatoms. The van der Waals surface area contributed by atoms with E-state index in [9.17, 15) is 4.79 Å². The summed E-state index contributed by atoms with van der Waals surface area (Å²) in [6, 6.07) is 10.2. The Morgan fingerprint density at radius 2 is 2.05 bits per heavy atom. The lowest BCUT2D eigenvalue weighted by molar-refractivity contribution is -0.130. The number of hydrogen-bond donors (Lipinski definition) is 1. The van der Waals surface area contributed by atoms with Crippen molar-refractivity contribution in [1.29, 1.82) is 0 Å². The predicted octanol–water partition coefficient (Wildman–Crippen LogP) is 2.89. The third kappa shape index (κ3) is 3.18. The molecule has 3 nitrogen and oxygen atoms in total. The van der Waals surface area contributed by atoms with Gasteiger partial charge in [0, 0.05) is 12.3 Å². The van der Waals surface area contributed by atoms with E-state index in [0.717, 1.165) is 18.7 Å². The minimum absolute atomic E-state index is 0.0230. The van der Waals surface area contributed by atoms with Crippen LogP contribution in [-0.4, -0.2) is 35.4 Å². The molecule has 1 aromatic carbocycles. The Balaban J connectivity index is 2.21. The Hall–Kier alpha value is -1.00. The number of amides is 1. The molecule has 3 unspecified atom stereocenters. The molecule has 1 fully saturated rings. The SMILES string of the molecule is CCC(C)C1NC(c2ccccc2)N(CCSC)C1=O. The summed E-state index contributed by atoms with van der Waals surface area (Å²) in [6.07, 6.45) is 3.12.